The topological polar surface area (TPSA) is 120 Å². The number of nitrogens with zero attached hydrogens (tertiary/aromatic N) is 5. The normalized spacial score (nSPS) is 11.7. The largest absolute Gasteiger partial charge is 0.383 e. The fourth-order valence-electron chi connectivity index (χ4n) is 3.25. The van der Waals surface area contributed by atoms with Crippen molar-refractivity contribution >= 4 is 40.1 Å². The van der Waals surface area contributed by atoms with Gasteiger partial charge < -0.3 is 15.8 Å². The fraction of sp³-hybridized carbons (Fsp3) is 0.261. The zero-order valence-electron chi connectivity index (χ0n) is 18.0. The van der Waals surface area contributed by atoms with Crippen molar-refractivity contribution in [2.75, 3.05) is 18.9 Å². The summed E-state index contributed by atoms with van der Waals surface area (Å²) in [6.45, 7) is 4.97. The number of aromatic nitrogens is 4. The van der Waals surface area contributed by atoms with Gasteiger partial charge in [-0.3, -0.25) is 9.78 Å². The van der Waals surface area contributed by atoms with Gasteiger partial charge in [0.1, 0.15) is 16.9 Å². The van der Waals surface area contributed by atoms with Gasteiger partial charge in [-0.2, -0.15) is 9.78 Å². The summed E-state index contributed by atoms with van der Waals surface area (Å²) in [6, 6.07) is 11.1. The third-order valence-electron chi connectivity index (χ3n) is 4.77. The molecule has 0 aliphatic carbocycles. The van der Waals surface area contributed by atoms with E-state index in [2.05, 4.69) is 25.4 Å². The third-order valence-corrected chi connectivity index (χ3v) is 4.77. The van der Waals surface area contributed by atoms with Crippen LogP contribution in [0.3, 0.4) is 0 Å². The second-order valence-corrected chi connectivity index (χ2v) is 7.52. The molecule has 9 nitrogen and oxygen atoms in total. The van der Waals surface area contributed by atoms with Crippen molar-refractivity contribution in [1.82, 2.24) is 24.9 Å². The molecule has 0 saturated carbocycles. The van der Waals surface area contributed by atoms with E-state index in [4.69, 9.17) is 10.5 Å². The van der Waals surface area contributed by atoms with Crippen LogP contribution in [0, 0.1) is 0 Å². The van der Waals surface area contributed by atoms with Crippen LogP contribution in [0.15, 0.2) is 53.9 Å². The summed E-state index contributed by atoms with van der Waals surface area (Å²) < 4.78 is 6.97. The lowest BCUT2D eigenvalue weighted by molar-refractivity contribution is 0.0757. The van der Waals surface area contributed by atoms with Crippen molar-refractivity contribution in [1.29, 1.82) is 0 Å². The number of benzene rings is 1. The Hall–Kier alpha value is -3.85. The first-order valence-corrected chi connectivity index (χ1v) is 10.5. The number of pyridine rings is 1. The lowest BCUT2D eigenvalue weighted by atomic mass is 10.2. The number of hydrogen-bond acceptors (Lipinski definition) is 7. The van der Waals surface area contributed by atoms with E-state index in [0.29, 0.717) is 41.8 Å². The highest BCUT2D eigenvalue weighted by Crippen LogP contribution is 2.27. The second-order valence-electron chi connectivity index (χ2n) is 7.52. The molecule has 1 amide bonds. The molecule has 3 N–H and O–H groups in total. The minimum Gasteiger partial charge on any atom is -0.383 e. The van der Waals surface area contributed by atoms with Crippen LogP contribution in [0.1, 0.15) is 36.2 Å². The molecule has 164 valence electrons. The molecular formula is C23H25N7O2. The molecule has 0 atom stereocenters. The van der Waals surface area contributed by atoms with Crippen molar-refractivity contribution in [3.63, 3.8) is 0 Å². The quantitative estimate of drug-likeness (QED) is 0.327. The first-order valence-electron chi connectivity index (χ1n) is 10.5. The number of nitrogens with one attached hydrogen (secondary N) is 1. The molecule has 32 heavy (non-hydrogen) atoms. The van der Waals surface area contributed by atoms with E-state index in [1.807, 2.05) is 50.2 Å². The molecule has 0 unspecified atom stereocenters. The van der Waals surface area contributed by atoms with Gasteiger partial charge in [0.05, 0.1) is 23.4 Å². The second kappa shape index (κ2) is 9.52. The SMILES string of the molecule is CC(C)OCCCNC(=O)c1c(N)n(/N=C\c2cccnc2)c2nc3ccccc3nc12. The zero-order chi connectivity index (χ0) is 22.5. The summed E-state index contributed by atoms with van der Waals surface area (Å²) in [5.41, 5.74) is 9.61. The summed E-state index contributed by atoms with van der Waals surface area (Å²) in [5, 5.41) is 7.37. The van der Waals surface area contributed by atoms with Gasteiger partial charge in [-0.25, -0.2) is 9.97 Å². The van der Waals surface area contributed by atoms with Crippen molar-refractivity contribution in [3.05, 3.63) is 59.9 Å². The lowest BCUT2D eigenvalue weighted by Gasteiger charge is -2.08. The van der Waals surface area contributed by atoms with Gasteiger partial charge in [0.25, 0.3) is 5.91 Å². The maximum atomic E-state index is 13.0. The Balaban J connectivity index is 1.71. The van der Waals surface area contributed by atoms with Gasteiger partial charge in [0.2, 0.25) is 0 Å². The molecule has 0 saturated heterocycles. The molecule has 0 fully saturated rings. The number of ether oxygens (including phenoxy) is 1. The highest BCUT2D eigenvalue weighted by Gasteiger charge is 2.23. The molecule has 0 aliphatic heterocycles. The fourth-order valence-corrected chi connectivity index (χ4v) is 3.25. The monoisotopic (exact) mass is 431 g/mol. The van der Waals surface area contributed by atoms with Crippen LogP contribution in [0.25, 0.3) is 22.2 Å². The Bertz CT molecular complexity index is 1270. The van der Waals surface area contributed by atoms with Crippen LogP contribution in [0.2, 0.25) is 0 Å². The van der Waals surface area contributed by atoms with Crippen LogP contribution in [-0.4, -0.2) is 51.0 Å². The number of anilines is 1. The van der Waals surface area contributed by atoms with Crippen molar-refractivity contribution in [2.24, 2.45) is 5.10 Å². The van der Waals surface area contributed by atoms with Gasteiger partial charge in [-0.15, -0.1) is 0 Å². The number of carbonyl (C=O) groups is 1. The molecule has 3 heterocycles. The van der Waals surface area contributed by atoms with E-state index >= 15 is 0 Å². The van der Waals surface area contributed by atoms with Gasteiger partial charge in [-0.1, -0.05) is 18.2 Å². The molecule has 9 heteroatoms. The van der Waals surface area contributed by atoms with Gasteiger partial charge in [0.15, 0.2) is 5.65 Å². The first kappa shape index (κ1) is 21.4. The summed E-state index contributed by atoms with van der Waals surface area (Å²) in [4.78, 5) is 26.4. The van der Waals surface area contributed by atoms with Crippen molar-refractivity contribution < 1.29 is 9.53 Å². The van der Waals surface area contributed by atoms with Gasteiger partial charge in [0, 0.05) is 31.1 Å². The maximum Gasteiger partial charge on any atom is 0.257 e. The van der Waals surface area contributed by atoms with Crippen LogP contribution >= 0.6 is 0 Å². The van der Waals surface area contributed by atoms with Crippen LogP contribution in [-0.2, 0) is 4.74 Å². The molecule has 4 aromatic rings. The Morgan fingerprint density at radius 1 is 1.22 bits per heavy atom. The molecule has 0 aliphatic rings. The highest BCUT2D eigenvalue weighted by molar-refractivity contribution is 6.10. The summed E-state index contributed by atoms with van der Waals surface area (Å²) in [6.07, 6.45) is 5.82. The van der Waals surface area contributed by atoms with Gasteiger partial charge >= 0.3 is 0 Å². The molecule has 0 bridgehead atoms. The number of rotatable bonds is 8. The number of para-hydroxylation sites is 2. The van der Waals surface area contributed by atoms with Gasteiger partial charge in [-0.05, 0) is 38.5 Å². The van der Waals surface area contributed by atoms with Crippen molar-refractivity contribution in [3.8, 4) is 0 Å². The van der Waals surface area contributed by atoms with Crippen LogP contribution < -0.4 is 11.1 Å². The van der Waals surface area contributed by atoms with Crippen molar-refractivity contribution in [2.45, 2.75) is 26.4 Å². The van der Waals surface area contributed by atoms with E-state index in [0.717, 1.165) is 5.56 Å². The number of nitrogens with two attached hydrogens (primary N) is 1. The molecular weight excluding hydrogens is 406 g/mol. The first-order chi connectivity index (χ1) is 15.5. The smallest absolute Gasteiger partial charge is 0.257 e. The van der Waals surface area contributed by atoms with E-state index in [1.54, 1.807) is 18.6 Å². The van der Waals surface area contributed by atoms with E-state index in [9.17, 15) is 4.79 Å². The molecule has 0 spiro atoms. The zero-order valence-corrected chi connectivity index (χ0v) is 18.0. The van der Waals surface area contributed by atoms with Crippen LogP contribution in [0.5, 0.6) is 0 Å². The Labute approximate surface area is 185 Å². The summed E-state index contributed by atoms with van der Waals surface area (Å²) in [5.74, 6) is -0.150. The Kier molecular flexibility index (Phi) is 6.37. The Morgan fingerprint density at radius 2 is 2.00 bits per heavy atom. The van der Waals surface area contributed by atoms with E-state index < -0.39 is 0 Å². The Morgan fingerprint density at radius 3 is 2.72 bits per heavy atom. The van der Waals surface area contributed by atoms with E-state index in [-0.39, 0.29) is 23.4 Å². The molecule has 0 radical (unpaired) electrons. The number of amides is 1. The van der Waals surface area contributed by atoms with E-state index in [1.165, 1.54) is 4.68 Å². The number of fused-ring (bicyclic) bond motifs is 2. The average Bonchev–Trinajstić information content (AvgIpc) is 3.06. The number of carbonyl (C=O) groups excluding carboxylic acids is 1. The molecule has 4 rings (SSSR count). The minimum absolute atomic E-state index is 0.153. The standard InChI is InChI=1S/C23H25N7O2/c1-15(2)32-12-6-11-26-23(31)19-20-22(29-18-9-4-3-8-17(18)28-20)30(21(19)24)27-14-16-7-5-10-25-13-16/h3-5,7-10,13-15H,6,11-12,24H2,1-2H3,(H,26,31)/b27-14-. The van der Waals surface area contributed by atoms with Crippen LogP contribution in [0.4, 0.5) is 5.82 Å². The summed E-state index contributed by atoms with van der Waals surface area (Å²) in [7, 11) is 0. The predicted molar refractivity (Wildman–Crippen MR) is 125 cm³/mol. The predicted octanol–water partition coefficient (Wildman–Crippen LogP) is 2.99. The maximum absolute atomic E-state index is 13.0. The third kappa shape index (κ3) is 4.57. The summed E-state index contributed by atoms with van der Waals surface area (Å²) >= 11 is 0. The lowest BCUT2D eigenvalue weighted by Crippen LogP contribution is -2.26. The highest BCUT2D eigenvalue weighted by atomic mass is 16.5. The number of nitrogen functional groups attached to an aromatic ring is 1. The minimum atomic E-state index is -0.322. The number of hydrogen-bond donors (Lipinski definition) is 2. The average molecular weight is 432 g/mol. The molecule has 1 aromatic carbocycles. The molecule has 3 aromatic heterocycles.